The fourth-order valence-corrected chi connectivity index (χ4v) is 1.82. The smallest absolute Gasteiger partial charge is 0.152 e. The maximum atomic E-state index is 12.8. The highest BCUT2D eigenvalue weighted by molar-refractivity contribution is 7.91. The van der Waals surface area contributed by atoms with E-state index in [2.05, 4.69) is 0 Å². The van der Waals surface area contributed by atoms with E-state index in [0.717, 1.165) is 12.3 Å². The first-order valence-electron chi connectivity index (χ1n) is 4.45. The van der Waals surface area contributed by atoms with Gasteiger partial charge in [-0.15, -0.1) is 0 Å². The standard InChI is InChI=1S/C10H13FO3S/c1-7(15(2,13)14)10(12)8-4-3-5-9(11)6-8/h3-7,10,12H,1-2H3. The lowest BCUT2D eigenvalue weighted by Gasteiger charge is -2.17. The van der Waals surface area contributed by atoms with Gasteiger partial charge in [-0.25, -0.2) is 12.8 Å². The van der Waals surface area contributed by atoms with Crippen molar-refractivity contribution in [3.63, 3.8) is 0 Å². The number of sulfone groups is 1. The number of rotatable bonds is 3. The number of benzene rings is 1. The number of aliphatic hydroxyl groups excluding tert-OH is 1. The molecule has 0 fully saturated rings. The molecule has 0 heterocycles. The second-order valence-corrected chi connectivity index (χ2v) is 5.94. The molecular weight excluding hydrogens is 219 g/mol. The van der Waals surface area contributed by atoms with Crippen LogP contribution < -0.4 is 0 Å². The van der Waals surface area contributed by atoms with Crippen LogP contribution in [0.1, 0.15) is 18.6 Å². The van der Waals surface area contributed by atoms with Crippen LogP contribution >= 0.6 is 0 Å². The van der Waals surface area contributed by atoms with Gasteiger partial charge in [0.25, 0.3) is 0 Å². The van der Waals surface area contributed by atoms with Gasteiger partial charge in [-0.3, -0.25) is 0 Å². The molecule has 84 valence electrons. The highest BCUT2D eigenvalue weighted by Crippen LogP contribution is 2.21. The van der Waals surface area contributed by atoms with Gasteiger partial charge in [0.2, 0.25) is 0 Å². The summed E-state index contributed by atoms with van der Waals surface area (Å²) >= 11 is 0. The van der Waals surface area contributed by atoms with Crippen LogP contribution in [0.2, 0.25) is 0 Å². The predicted molar refractivity (Wildman–Crippen MR) is 55.7 cm³/mol. The van der Waals surface area contributed by atoms with E-state index in [1.807, 2.05) is 0 Å². The van der Waals surface area contributed by atoms with Crippen LogP contribution in [0.5, 0.6) is 0 Å². The molecule has 2 atom stereocenters. The summed E-state index contributed by atoms with van der Waals surface area (Å²) in [7, 11) is -3.34. The summed E-state index contributed by atoms with van der Waals surface area (Å²) in [6.07, 6.45) is -0.157. The first kappa shape index (κ1) is 12.1. The summed E-state index contributed by atoms with van der Waals surface area (Å²) in [4.78, 5) is 0. The zero-order chi connectivity index (χ0) is 11.6. The molecule has 0 amide bonds. The molecule has 0 aromatic heterocycles. The average molecular weight is 232 g/mol. The lowest BCUT2D eigenvalue weighted by Crippen LogP contribution is -2.24. The Morgan fingerprint density at radius 1 is 1.40 bits per heavy atom. The Labute approximate surface area is 88.5 Å². The highest BCUT2D eigenvalue weighted by atomic mass is 32.2. The van der Waals surface area contributed by atoms with Gasteiger partial charge in [-0.05, 0) is 24.6 Å². The largest absolute Gasteiger partial charge is 0.387 e. The first-order valence-corrected chi connectivity index (χ1v) is 6.40. The molecule has 3 nitrogen and oxygen atoms in total. The maximum absolute atomic E-state index is 12.8. The summed E-state index contributed by atoms with van der Waals surface area (Å²) < 4.78 is 35.2. The van der Waals surface area contributed by atoms with Crippen LogP contribution in [0.4, 0.5) is 4.39 Å². The average Bonchev–Trinajstić information content (AvgIpc) is 2.14. The molecule has 1 aromatic rings. The van der Waals surface area contributed by atoms with Gasteiger partial charge in [0.15, 0.2) is 9.84 Å². The monoisotopic (exact) mass is 232 g/mol. The van der Waals surface area contributed by atoms with E-state index in [9.17, 15) is 17.9 Å². The molecule has 0 aliphatic carbocycles. The molecule has 0 aliphatic rings. The summed E-state index contributed by atoms with van der Waals surface area (Å²) in [6.45, 7) is 1.39. The van der Waals surface area contributed by atoms with Gasteiger partial charge < -0.3 is 5.11 Å². The van der Waals surface area contributed by atoms with Crippen LogP contribution in [0.15, 0.2) is 24.3 Å². The van der Waals surface area contributed by atoms with E-state index in [1.165, 1.54) is 25.1 Å². The van der Waals surface area contributed by atoms with Crippen molar-refractivity contribution in [2.24, 2.45) is 0 Å². The second-order valence-electron chi connectivity index (χ2n) is 3.53. The predicted octanol–water partition coefficient (Wildman–Crippen LogP) is 1.29. The van der Waals surface area contributed by atoms with Gasteiger partial charge in [0.05, 0.1) is 11.4 Å². The summed E-state index contributed by atoms with van der Waals surface area (Å²) in [6, 6.07) is 5.30. The molecule has 1 rings (SSSR count). The van der Waals surface area contributed by atoms with E-state index in [0.29, 0.717) is 0 Å². The zero-order valence-corrected chi connectivity index (χ0v) is 9.33. The van der Waals surface area contributed by atoms with E-state index in [1.54, 1.807) is 0 Å². The van der Waals surface area contributed by atoms with Crippen LogP contribution in [-0.2, 0) is 9.84 Å². The molecule has 5 heteroatoms. The minimum atomic E-state index is -3.34. The van der Waals surface area contributed by atoms with Crippen molar-refractivity contribution in [3.8, 4) is 0 Å². The van der Waals surface area contributed by atoms with Crippen molar-refractivity contribution in [3.05, 3.63) is 35.6 Å². The summed E-state index contributed by atoms with van der Waals surface area (Å²) in [5, 5.41) is 8.76. The van der Waals surface area contributed by atoms with Crippen molar-refractivity contribution in [1.82, 2.24) is 0 Å². The fourth-order valence-electron chi connectivity index (χ4n) is 1.20. The van der Waals surface area contributed by atoms with E-state index < -0.39 is 27.0 Å². The molecular formula is C10H13FO3S. The van der Waals surface area contributed by atoms with E-state index in [4.69, 9.17) is 0 Å². The van der Waals surface area contributed by atoms with Gasteiger partial charge in [0.1, 0.15) is 5.82 Å². The van der Waals surface area contributed by atoms with Crippen LogP contribution in [-0.4, -0.2) is 25.0 Å². The third-order valence-electron chi connectivity index (χ3n) is 2.31. The Morgan fingerprint density at radius 2 is 2.00 bits per heavy atom. The normalized spacial score (nSPS) is 16.0. The molecule has 15 heavy (non-hydrogen) atoms. The van der Waals surface area contributed by atoms with Crippen molar-refractivity contribution in [2.45, 2.75) is 18.3 Å². The topological polar surface area (TPSA) is 54.4 Å². The molecule has 1 aromatic carbocycles. The van der Waals surface area contributed by atoms with Crippen molar-refractivity contribution in [2.75, 3.05) is 6.26 Å². The Morgan fingerprint density at radius 3 is 2.47 bits per heavy atom. The Balaban J connectivity index is 3.00. The molecule has 0 saturated carbocycles. The fraction of sp³-hybridized carbons (Fsp3) is 0.400. The van der Waals surface area contributed by atoms with Crippen LogP contribution in [0, 0.1) is 5.82 Å². The molecule has 0 bridgehead atoms. The maximum Gasteiger partial charge on any atom is 0.152 e. The number of hydrogen-bond acceptors (Lipinski definition) is 3. The first-order chi connectivity index (χ1) is 6.82. The lowest BCUT2D eigenvalue weighted by molar-refractivity contribution is 0.176. The second kappa shape index (κ2) is 4.28. The van der Waals surface area contributed by atoms with Gasteiger partial charge in [0, 0.05) is 6.26 Å². The molecule has 0 radical (unpaired) electrons. The van der Waals surface area contributed by atoms with Gasteiger partial charge in [-0.1, -0.05) is 12.1 Å². The lowest BCUT2D eigenvalue weighted by atomic mass is 10.1. The van der Waals surface area contributed by atoms with Crippen LogP contribution in [0.3, 0.4) is 0 Å². The quantitative estimate of drug-likeness (QED) is 0.854. The zero-order valence-electron chi connectivity index (χ0n) is 8.51. The molecule has 2 unspecified atom stereocenters. The molecule has 0 aliphatic heterocycles. The van der Waals surface area contributed by atoms with Crippen molar-refractivity contribution < 1.29 is 17.9 Å². The van der Waals surface area contributed by atoms with Crippen molar-refractivity contribution in [1.29, 1.82) is 0 Å². The Bertz CT molecular complexity index is 442. The number of aliphatic hydroxyl groups is 1. The SMILES string of the molecule is CC(C(O)c1cccc(F)c1)S(C)(=O)=O. The number of hydrogen-bond donors (Lipinski definition) is 1. The van der Waals surface area contributed by atoms with Gasteiger partial charge in [-0.2, -0.15) is 0 Å². The van der Waals surface area contributed by atoms with Crippen LogP contribution in [0.25, 0.3) is 0 Å². The summed E-state index contributed by atoms with van der Waals surface area (Å²) in [5.41, 5.74) is 0.271. The minimum Gasteiger partial charge on any atom is -0.387 e. The Kier molecular flexibility index (Phi) is 3.46. The molecule has 1 N–H and O–H groups in total. The minimum absolute atomic E-state index is 0.271. The van der Waals surface area contributed by atoms with E-state index >= 15 is 0 Å². The molecule has 0 saturated heterocycles. The third-order valence-corrected chi connectivity index (χ3v) is 3.92. The highest BCUT2D eigenvalue weighted by Gasteiger charge is 2.25. The Hall–Kier alpha value is -0.940. The van der Waals surface area contributed by atoms with Gasteiger partial charge >= 0.3 is 0 Å². The third kappa shape index (κ3) is 3.00. The summed E-state index contributed by atoms with van der Waals surface area (Å²) in [5.74, 6) is -0.493. The van der Waals surface area contributed by atoms with E-state index in [-0.39, 0.29) is 5.56 Å². The molecule has 0 spiro atoms. The number of halogens is 1. The van der Waals surface area contributed by atoms with Crippen molar-refractivity contribution >= 4 is 9.84 Å².